The highest BCUT2D eigenvalue weighted by Gasteiger charge is 2.47. The van der Waals surface area contributed by atoms with Crippen LogP contribution in [-0.4, -0.2) is 19.4 Å². The highest BCUT2D eigenvalue weighted by molar-refractivity contribution is 6.78. The molecule has 5 nitrogen and oxygen atoms in total. The van der Waals surface area contributed by atoms with E-state index in [0.29, 0.717) is 40.5 Å². The molecule has 3 rings (SSSR count). The van der Waals surface area contributed by atoms with Crippen molar-refractivity contribution in [3.63, 3.8) is 0 Å². The molecule has 1 N–H and O–H groups in total. The predicted molar refractivity (Wildman–Crippen MR) is 147 cm³/mol. The van der Waals surface area contributed by atoms with Crippen LogP contribution in [0, 0.1) is 0 Å². The van der Waals surface area contributed by atoms with Gasteiger partial charge in [-0.2, -0.15) is 0 Å². The summed E-state index contributed by atoms with van der Waals surface area (Å²) in [6, 6.07) is 22.8. The second kappa shape index (κ2) is 12.1. The zero-order chi connectivity index (χ0) is 26.3. The maximum absolute atomic E-state index is 12.1. The summed E-state index contributed by atoms with van der Waals surface area (Å²) in [5.41, 5.74) is 3.01. The lowest BCUT2D eigenvalue weighted by atomic mass is 10.1. The standard InChI is InChI=1S/C30H38O5Si/c1-21(2)36(22(3)4,23(5)6)35-28-18-26(30(31)32)17-27(33-19-24-13-9-7-10-14-24)29(28)34-20-25-15-11-8-12-16-25/h7-18,21-23H,19-20H2,1-6H3,(H,31,32). The fraction of sp³-hybridized carbons (Fsp3) is 0.367. The van der Waals surface area contributed by atoms with Crippen LogP contribution in [0.3, 0.4) is 0 Å². The summed E-state index contributed by atoms with van der Waals surface area (Å²) in [6.07, 6.45) is 0. The first kappa shape index (κ1) is 27.3. The van der Waals surface area contributed by atoms with E-state index < -0.39 is 14.3 Å². The predicted octanol–water partition coefficient (Wildman–Crippen LogP) is 8.10. The van der Waals surface area contributed by atoms with Crippen molar-refractivity contribution in [1.82, 2.24) is 0 Å². The highest BCUT2D eigenvalue weighted by atomic mass is 28.4. The average molecular weight is 507 g/mol. The minimum Gasteiger partial charge on any atom is -0.540 e. The first-order valence-electron chi connectivity index (χ1n) is 12.6. The molecule has 0 atom stereocenters. The van der Waals surface area contributed by atoms with Gasteiger partial charge in [0, 0.05) is 0 Å². The van der Waals surface area contributed by atoms with Crippen LogP contribution in [0.15, 0.2) is 72.8 Å². The Labute approximate surface area is 216 Å². The van der Waals surface area contributed by atoms with Crippen molar-refractivity contribution in [3.05, 3.63) is 89.5 Å². The lowest BCUT2D eigenvalue weighted by Crippen LogP contribution is -2.50. The van der Waals surface area contributed by atoms with Gasteiger partial charge in [0.05, 0.1) is 5.56 Å². The molecule has 6 heteroatoms. The number of hydrogen-bond acceptors (Lipinski definition) is 4. The third-order valence-corrected chi connectivity index (χ3v) is 12.7. The third kappa shape index (κ3) is 6.29. The molecule has 0 aromatic heterocycles. The normalized spacial score (nSPS) is 11.7. The van der Waals surface area contributed by atoms with E-state index in [2.05, 4.69) is 41.5 Å². The van der Waals surface area contributed by atoms with E-state index in [9.17, 15) is 9.90 Å². The Hall–Kier alpha value is -3.25. The number of ether oxygens (including phenoxy) is 2. The van der Waals surface area contributed by atoms with Gasteiger partial charge >= 0.3 is 5.97 Å². The maximum Gasteiger partial charge on any atom is 0.335 e. The van der Waals surface area contributed by atoms with Crippen LogP contribution in [0.5, 0.6) is 17.2 Å². The zero-order valence-electron chi connectivity index (χ0n) is 22.2. The van der Waals surface area contributed by atoms with Gasteiger partial charge in [0.15, 0.2) is 11.5 Å². The molecule has 0 aliphatic rings. The van der Waals surface area contributed by atoms with E-state index in [1.807, 2.05) is 60.7 Å². The molecule has 0 fully saturated rings. The Bertz CT molecular complexity index is 1110. The van der Waals surface area contributed by atoms with Gasteiger partial charge in [0.1, 0.15) is 13.2 Å². The van der Waals surface area contributed by atoms with Gasteiger partial charge in [-0.1, -0.05) is 102 Å². The first-order chi connectivity index (χ1) is 17.1. The molecular weight excluding hydrogens is 468 g/mol. The Morgan fingerprint density at radius 2 is 1.17 bits per heavy atom. The summed E-state index contributed by atoms with van der Waals surface area (Å²) in [5.74, 6) is 0.212. The smallest absolute Gasteiger partial charge is 0.335 e. The molecule has 0 aliphatic carbocycles. The van der Waals surface area contributed by atoms with Crippen LogP contribution in [0.25, 0.3) is 0 Å². The van der Waals surface area contributed by atoms with Crippen molar-refractivity contribution < 1.29 is 23.8 Å². The summed E-state index contributed by atoms with van der Waals surface area (Å²) in [7, 11) is -2.40. The fourth-order valence-corrected chi connectivity index (χ4v) is 10.3. The Kier molecular flexibility index (Phi) is 9.21. The van der Waals surface area contributed by atoms with Crippen molar-refractivity contribution >= 4 is 14.3 Å². The number of aromatic carboxylic acids is 1. The minimum atomic E-state index is -2.40. The average Bonchev–Trinajstić information content (AvgIpc) is 2.85. The Morgan fingerprint density at radius 1 is 0.722 bits per heavy atom. The van der Waals surface area contributed by atoms with E-state index in [0.717, 1.165) is 11.1 Å². The van der Waals surface area contributed by atoms with Crippen LogP contribution in [0.2, 0.25) is 16.6 Å². The van der Waals surface area contributed by atoms with Crippen molar-refractivity contribution in [3.8, 4) is 17.2 Å². The number of rotatable bonds is 12. The van der Waals surface area contributed by atoms with Crippen LogP contribution >= 0.6 is 0 Å². The first-order valence-corrected chi connectivity index (χ1v) is 14.7. The van der Waals surface area contributed by atoms with Gasteiger partial charge in [-0.15, -0.1) is 0 Å². The second-order valence-corrected chi connectivity index (χ2v) is 15.5. The lowest BCUT2D eigenvalue weighted by Gasteiger charge is -2.42. The lowest BCUT2D eigenvalue weighted by molar-refractivity contribution is 0.0695. The van der Waals surface area contributed by atoms with E-state index >= 15 is 0 Å². The monoisotopic (exact) mass is 506 g/mol. The molecule has 0 saturated carbocycles. The van der Waals surface area contributed by atoms with Crippen LogP contribution < -0.4 is 13.9 Å². The number of carbonyl (C=O) groups is 1. The van der Waals surface area contributed by atoms with Gasteiger partial charge in [0.25, 0.3) is 8.32 Å². The molecule has 0 saturated heterocycles. The molecule has 0 heterocycles. The van der Waals surface area contributed by atoms with Gasteiger partial charge in [0.2, 0.25) is 5.75 Å². The molecule has 192 valence electrons. The minimum absolute atomic E-state index is 0.110. The van der Waals surface area contributed by atoms with Crippen LogP contribution in [0.4, 0.5) is 0 Å². The second-order valence-electron chi connectivity index (χ2n) is 10.1. The largest absolute Gasteiger partial charge is 0.540 e. The molecule has 0 radical (unpaired) electrons. The van der Waals surface area contributed by atoms with Crippen LogP contribution in [0.1, 0.15) is 63.0 Å². The summed E-state index contributed by atoms with van der Waals surface area (Å²) >= 11 is 0. The molecular formula is C30H38O5Si. The molecule has 0 spiro atoms. The highest BCUT2D eigenvalue weighted by Crippen LogP contribution is 2.47. The van der Waals surface area contributed by atoms with Crippen molar-refractivity contribution in [2.45, 2.75) is 71.4 Å². The fourth-order valence-electron chi connectivity index (χ4n) is 5.03. The quantitative estimate of drug-likeness (QED) is 0.251. The van der Waals surface area contributed by atoms with Gasteiger partial charge < -0.3 is 19.0 Å². The SMILES string of the molecule is CC(C)[Si](Oc1cc(C(=O)O)cc(OCc2ccccc2)c1OCc1ccccc1)(C(C)C)C(C)C. The van der Waals surface area contributed by atoms with Gasteiger partial charge in [-0.3, -0.25) is 0 Å². The molecule has 36 heavy (non-hydrogen) atoms. The topological polar surface area (TPSA) is 65.0 Å². The van der Waals surface area contributed by atoms with Crippen LogP contribution in [-0.2, 0) is 13.2 Å². The number of hydrogen-bond donors (Lipinski definition) is 1. The number of carboxylic acids is 1. The van der Waals surface area contributed by atoms with Gasteiger partial charge in [-0.05, 0) is 39.9 Å². The van der Waals surface area contributed by atoms with Gasteiger partial charge in [-0.25, -0.2) is 4.79 Å². The molecule has 0 amide bonds. The van der Waals surface area contributed by atoms with E-state index in [-0.39, 0.29) is 12.2 Å². The van der Waals surface area contributed by atoms with Crippen molar-refractivity contribution in [2.75, 3.05) is 0 Å². The van der Waals surface area contributed by atoms with E-state index in [1.165, 1.54) is 6.07 Å². The summed E-state index contributed by atoms with van der Waals surface area (Å²) in [4.78, 5) is 12.1. The molecule has 0 aliphatic heterocycles. The van der Waals surface area contributed by atoms with Crippen molar-refractivity contribution in [2.24, 2.45) is 0 Å². The Balaban J connectivity index is 2.11. The number of benzene rings is 3. The third-order valence-electron chi connectivity index (χ3n) is 6.72. The van der Waals surface area contributed by atoms with E-state index in [1.54, 1.807) is 6.07 Å². The molecule has 3 aromatic carbocycles. The van der Waals surface area contributed by atoms with E-state index in [4.69, 9.17) is 13.9 Å². The Morgan fingerprint density at radius 3 is 1.61 bits per heavy atom. The molecule has 3 aromatic rings. The summed E-state index contributed by atoms with van der Waals surface area (Å²) < 4.78 is 19.5. The van der Waals surface area contributed by atoms with Crippen molar-refractivity contribution in [1.29, 1.82) is 0 Å². The maximum atomic E-state index is 12.1. The summed E-state index contributed by atoms with van der Waals surface area (Å²) in [5, 5.41) is 9.90. The molecule has 0 unspecified atom stereocenters. The summed E-state index contributed by atoms with van der Waals surface area (Å²) in [6.45, 7) is 13.8. The zero-order valence-corrected chi connectivity index (χ0v) is 23.2. The number of carboxylic acid groups (broad SMARTS) is 1. The molecule has 0 bridgehead atoms.